The van der Waals surface area contributed by atoms with E-state index in [0.717, 1.165) is 17.5 Å². The molecule has 23 heavy (non-hydrogen) atoms. The quantitative estimate of drug-likeness (QED) is 0.934. The lowest BCUT2D eigenvalue weighted by atomic mass is 9.98. The molecule has 1 aromatic carbocycles. The highest BCUT2D eigenvalue weighted by molar-refractivity contribution is 5.92. The third kappa shape index (κ3) is 2.92. The molecular weight excluding hydrogens is 296 g/mol. The molecule has 1 amide bonds. The first-order valence-corrected chi connectivity index (χ1v) is 7.34. The molecular formula is C17H18N2O4. The van der Waals surface area contributed by atoms with E-state index in [1.165, 1.54) is 18.3 Å². The van der Waals surface area contributed by atoms with E-state index in [-0.39, 0.29) is 11.3 Å². The van der Waals surface area contributed by atoms with Crippen molar-refractivity contribution in [3.8, 4) is 11.5 Å². The Morgan fingerprint density at radius 3 is 2.48 bits per heavy atom. The third-order valence-electron chi connectivity index (χ3n) is 4.01. The number of ether oxygens (including phenoxy) is 2. The molecule has 3 rings (SSSR count). The van der Waals surface area contributed by atoms with Crippen LogP contribution >= 0.6 is 0 Å². The highest BCUT2D eigenvalue weighted by atomic mass is 16.5. The van der Waals surface area contributed by atoms with E-state index in [1.807, 2.05) is 12.1 Å². The summed E-state index contributed by atoms with van der Waals surface area (Å²) in [6, 6.07) is 6.58. The summed E-state index contributed by atoms with van der Waals surface area (Å²) in [7, 11) is 3.19. The number of hydrogen-bond acceptors (Lipinski definition) is 4. The zero-order valence-electron chi connectivity index (χ0n) is 13.1. The average Bonchev–Trinajstić information content (AvgIpc) is 2.59. The minimum atomic E-state index is -0.184. The topological polar surface area (TPSA) is 71.6 Å². The van der Waals surface area contributed by atoms with Crippen LogP contribution in [0.3, 0.4) is 0 Å². The molecule has 6 heteroatoms. The molecule has 1 aliphatic heterocycles. The summed E-state index contributed by atoms with van der Waals surface area (Å²) in [6.45, 7) is 1.07. The van der Waals surface area contributed by atoms with Gasteiger partial charge in [-0.2, -0.15) is 0 Å². The number of fused-ring (bicyclic) bond motifs is 1. The Morgan fingerprint density at radius 2 is 1.83 bits per heavy atom. The van der Waals surface area contributed by atoms with Crippen LogP contribution in [0.15, 0.2) is 35.3 Å². The zero-order chi connectivity index (χ0) is 16.4. The summed E-state index contributed by atoms with van der Waals surface area (Å²) in [4.78, 5) is 28.5. The van der Waals surface area contributed by atoms with E-state index < -0.39 is 0 Å². The summed E-state index contributed by atoms with van der Waals surface area (Å²) in [6.07, 6.45) is 2.22. The lowest BCUT2D eigenvalue weighted by Crippen LogP contribution is -2.36. The number of aromatic amines is 1. The molecule has 2 aromatic rings. The van der Waals surface area contributed by atoms with Crippen LogP contribution in [-0.4, -0.2) is 36.6 Å². The Balaban J connectivity index is 1.87. The van der Waals surface area contributed by atoms with Gasteiger partial charge in [-0.05, 0) is 29.7 Å². The number of H-pyrrole nitrogens is 1. The van der Waals surface area contributed by atoms with Crippen molar-refractivity contribution in [3.63, 3.8) is 0 Å². The smallest absolute Gasteiger partial charge is 0.270 e. The standard InChI is InChI=1S/C17H18N2O4/c1-22-15-7-11-4-6-19(10-12(11)8-16(15)23-2)17(21)14-9-13(20)3-5-18-14/h3,5,7-9H,4,6,10H2,1-2H3,(H,18,20). The molecule has 0 unspecified atom stereocenters. The number of nitrogens with one attached hydrogen (secondary N) is 1. The van der Waals surface area contributed by atoms with Crippen molar-refractivity contribution in [2.24, 2.45) is 0 Å². The van der Waals surface area contributed by atoms with E-state index in [4.69, 9.17) is 9.47 Å². The van der Waals surface area contributed by atoms with E-state index in [0.29, 0.717) is 30.3 Å². The SMILES string of the molecule is COc1cc2c(cc1OC)CN(C(=O)c1cc(=O)cc[nH]1)CC2. The van der Waals surface area contributed by atoms with Gasteiger partial charge in [0.15, 0.2) is 16.9 Å². The molecule has 120 valence electrons. The molecule has 0 atom stereocenters. The number of pyridine rings is 1. The first kappa shape index (κ1) is 15.1. The van der Waals surface area contributed by atoms with Crippen LogP contribution in [-0.2, 0) is 13.0 Å². The number of carbonyl (C=O) groups excluding carboxylic acids is 1. The first-order valence-electron chi connectivity index (χ1n) is 7.34. The average molecular weight is 314 g/mol. The van der Waals surface area contributed by atoms with Gasteiger partial charge in [-0.3, -0.25) is 9.59 Å². The Labute approximate surface area is 133 Å². The molecule has 0 spiro atoms. The third-order valence-corrected chi connectivity index (χ3v) is 4.01. The first-order chi connectivity index (χ1) is 11.1. The van der Waals surface area contributed by atoms with Gasteiger partial charge in [-0.25, -0.2) is 0 Å². The molecule has 1 aromatic heterocycles. The maximum atomic E-state index is 12.5. The zero-order valence-corrected chi connectivity index (χ0v) is 13.1. The van der Waals surface area contributed by atoms with Crippen LogP contribution in [0.1, 0.15) is 21.6 Å². The molecule has 0 saturated carbocycles. The van der Waals surface area contributed by atoms with Crippen molar-refractivity contribution < 1.29 is 14.3 Å². The Kier molecular flexibility index (Phi) is 4.06. The van der Waals surface area contributed by atoms with Gasteiger partial charge in [0.1, 0.15) is 5.69 Å². The fourth-order valence-corrected chi connectivity index (χ4v) is 2.80. The highest BCUT2D eigenvalue weighted by Crippen LogP contribution is 2.33. The van der Waals surface area contributed by atoms with Crippen LogP contribution in [0.5, 0.6) is 11.5 Å². The Morgan fingerprint density at radius 1 is 1.13 bits per heavy atom. The van der Waals surface area contributed by atoms with E-state index in [9.17, 15) is 9.59 Å². The number of nitrogens with zero attached hydrogens (tertiary/aromatic N) is 1. The number of methoxy groups -OCH3 is 2. The summed E-state index contributed by atoms with van der Waals surface area (Å²) in [5, 5.41) is 0. The second kappa shape index (κ2) is 6.16. The molecule has 1 N–H and O–H groups in total. The number of benzene rings is 1. The monoisotopic (exact) mass is 314 g/mol. The largest absolute Gasteiger partial charge is 0.493 e. The van der Waals surface area contributed by atoms with Crippen molar-refractivity contribution in [2.45, 2.75) is 13.0 Å². The van der Waals surface area contributed by atoms with Crippen molar-refractivity contribution >= 4 is 5.91 Å². The normalized spacial score (nSPS) is 13.4. The van der Waals surface area contributed by atoms with Gasteiger partial charge in [-0.15, -0.1) is 0 Å². The van der Waals surface area contributed by atoms with Crippen molar-refractivity contribution in [1.29, 1.82) is 0 Å². The number of hydrogen-bond donors (Lipinski definition) is 1. The van der Waals surface area contributed by atoms with Gasteiger partial charge in [0.05, 0.1) is 14.2 Å². The molecule has 1 aliphatic rings. The Hall–Kier alpha value is -2.76. The molecule has 0 saturated heterocycles. The van der Waals surface area contributed by atoms with E-state index in [2.05, 4.69) is 4.98 Å². The minimum Gasteiger partial charge on any atom is -0.493 e. The van der Waals surface area contributed by atoms with Crippen LogP contribution in [0.2, 0.25) is 0 Å². The fraction of sp³-hybridized carbons (Fsp3) is 0.294. The van der Waals surface area contributed by atoms with Crippen molar-refractivity contribution in [2.75, 3.05) is 20.8 Å². The van der Waals surface area contributed by atoms with E-state index >= 15 is 0 Å². The number of aromatic nitrogens is 1. The minimum absolute atomic E-state index is 0.178. The highest BCUT2D eigenvalue weighted by Gasteiger charge is 2.24. The number of rotatable bonds is 3. The predicted molar refractivity (Wildman–Crippen MR) is 85.1 cm³/mol. The summed E-state index contributed by atoms with van der Waals surface area (Å²) in [5.74, 6) is 1.16. The van der Waals surface area contributed by atoms with Gasteiger partial charge in [0.25, 0.3) is 5.91 Å². The lowest BCUT2D eigenvalue weighted by molar-refractivity contribution is 0.0728. The molecule has 6 nitrogen and oxygen atoms in total. The molecule has 0 aliphatic carbocycles. The molecule has 0 radical (unpaired) electrons. The van der Waals surface area contributed by atoms with Gasteiger partial charge in [0.2, 0.25) is 0 Å². The lowest BCUT2D eigenvalue weighted by Gasteiger charge is -2.29. The van der Waals surface area contributed by atoms with Crippen LogP contribution in [0.4, 0.5) is 0 Å². The van der Waals surface area contributed by atoms with Gasteiger partial charge in [0, 0.05) is 31.4 Å². The van der Waals surface area contributed by atoms with Crippen molar-refractivity contribution in [3.05, 3.63) is 57.5 Å². The van der Waals surface area contributed by atoms with Gasteiger partial charge < -0.3 is 19.4 Å². The number of amides is 1. The van der Waals surface area contributed by atoms with E-state index in [1.54, 1.807) is 19.1 Å². The van der Waals surface area contributed by atoms with Crippen LogP contribution in [0, 0.1) is 0 Å². The maximum absolute atomic E-state index is 12.5. The molecule has 0 fully saturated rings. The second-order valence-electron chi connectivity index (χ2n) is 5.39. The molecule has 2 heterocycles. The summed E-state index contributed by atoms with van der Waals surface area (Å²) >= 11 is 0. The second-order valence-corrected chi connectivity index (χ2v) is 5.39. The van der Waals surface area contributed by atoms with Gasteiger partial charge in [-0.1, -0.05) is 0 Å². The summed E-state index contributed by atoms with van der Waals surface area (Å²) < 4.78 is 10.6. The van der Waals surface area contributed by atoms with Gasteiger partial charge >= 0.3 is 0 Å². The Bertz CT molecular complexity index is 797. The van der Waals surface area contributed by atoms with Crippen LogP contribution in [0.25, 0.3) is 0 Å². The van der Waals surface area contributed by atoms with Crippen LogP contribution < -0.4 is 14.9 Å². The fourth-order valence-electron chi connectivity index (χ4n) is 2.80. The van der Waals surface area contributed by atoms with Crippen molar-refractivity contribution in [1.82, 2.24) is 9.88 Å². The maximum Gasteiger partial charge on any atom is 0.270 e. The summed E-state index contributed by atoms with van der Waals surface area (Å²) in [5.41, 5.74) is 2.30. The predicted octanol–water partition coefficient (Wildman–Crippen LogP) is 1.59. The molecule has 0 bridgehead atoms. The number of carbonyl (C=O) groups is 1.